The molecule has 3 saturated heterocycles. The zero-order valence-electron chi connectivity index (χ0n) is 9.50. The van der Waals surface area contributed by atoms with E-state index in [0.717, 1.165) is 19.7 Å². The number of ether oxygens (including phenoxy) is 1. The second kappa shape index (κ2) is 3.44. The summed E-state index contributed by atoms with van der Waals surface area (Å²) in [6.45, 7) is 4.17. The van der Waals surface area contributed by atoms with Gasteiger partial charge in [0.15, 0.2) is 0 Å². The number of fused-ring (bicyclic) bond motifs is 1. The molecule has 3 heteroatoms. The molecule has 3 fully saturated rings. The average Bonchev–Trinajstić information content (AvgIpc) is 2.74. The van der Waals surface area contributed by atoms with Crippen LogP contribution in [0.3, 0.4) is 0 Å². The first kappa shape index (κ1) is 10.1. The number of hydrogen-bond donors (Lipinski definition) is 1. The molecule has 15 heavy (non-hydrogen) atoms. The van der Waals surface area contributed by atoms with Crippen LogP contribution in [-0.2, 0) is 4.74 Å². The fourth-order valence-electron chi connectivity index (χ4n) is 3.92. The lowest BCUT2D eigenvalue weighted by Crippen LogP contribution is -2.44. The summed E-state index contributed by atoms with van der Waals surface area (Å²) in [5.74, 6) is 0. The van der Waals surface area contributed by atoms with E-state index in [2.05, 4.69) is 4.90 Å². The summed E-state index contributed by atoms with van der Waals surface area (Å²) in [4.78, 5) is 2.61. The van der Waals surface area contributed by atoms with Crippen LogP contribution in [0, 0.1) is 0 Å². The van der Waals surface area contributed by atoms with Crippen molar-refractivity contribution in [1.29, 1.82) is 0 Å². The van der Waals surface area contributed by atoms with Gasteiger partial charge in [-0.2, -0.15) is 0 Å². The summed E-state index contributed by atoms with van der Waals surface area (Å²) in [7, 11) is 0. The second-order valence-electron chi connectivity index (χ2n) is 5.62. The first-order valence-corrected chi connectivity index (χ1v) is 6.38. The standard InChI is InChI=1S/C12H22N2O/c13-9-11-4-3-6-14(11)10-12(8-11)5-1-2-7-15-12/h1-10,13H2. The topological polar surface area (TPSA) is 38.5 Å². The molecule has 86 valence electrons. The molecule has 0 radical (unpaired) electrons. The largest absolute Gasteiger partial charge is 0.374 e. The van der Waals surface area contributed by atoms with Crippen molar-refractivity contribution in [2.24, 2.45) is 5.73 Å². The van der Waals surface area contributed by atoms with Gasteiger partial charge in [0.25, 0.3) is 0 Å². The predicted octanol–water partition coefficient (Wildman–Crippen LogP) is 1.12. The van der Waals surface area contributed by atoms with Gasteiger partial charge in [-0.1, -0.05) is 0 Å². The van der Waals surface area contributed by atoms with Crippen molar-refractivity contribution in [3.63, 3.8) is 0 Å². The van der Waals surface area contributed by atoms with Crippen molar-refractivity contribution < 1.29 is 4.74 Å². The Morgan fingerprint density at radius 2 is 2.13 bits per heavy atom. The molecule has 1 spiro atoms. The predicted molar refractivity (Wildman–Crippen MR) is 59.7 cm³/mol. The molecule has 3 aliphatic rings. The molecule has 3 rings (SSSR count). The van der Waals surface area contributed by atoms with Crippen molar-refractivity contribution in [2.75, 3.05) is 26.2 Å². The Balaban J connectivity index is 1.81. The zero-order valence-corrected chi connectivity index (χ0v) is 9.50. The minimum atomic E-state index is 0.179. The molecule has 0 aromatic carbocycles. The van der Waals surface area contributed by atoms with Gasteiger partial charge in [-0.3, -0.25) is 4.90 Å². The summed E-state index contributed by atoms with van der Waals surface area (Å²) < 4.78 is 6.09. The van der Waals surface area contributed by atoms with E-state index in [0.29, 0.717) is 5.54 Å². The first-order valence-electron chi connectivity index (χ1n) is 6.38. The SMILES string of the molecule is NCC12CCCN1CC1(CCCCO1)C2. The van der Waals surface area contributed by atoms with Crippen LogP contribution in [0.2, 0.25) is 0 Å². The highest BCUT2D eigenvalue weighted by Crippen LogP contribution is 2.47. The Morgan fingerprint density at radius 3 is 2.80 bits per heavy atom. The van der Waals surface area contributed by atoms with E-state index in [1.807, 2.05) is 0 Å². The van der Waals surface area contributed by atoms with Crippen LogP contribution in [0.1, 0.15) is 38.5 Å². The van der Waals surface area contributed by atoms with Gasteiger partial charge in [-0.25, -0.2) is 0 Å². The molecule has 3 nitrogen and oxygen atoms in total. The van der Waals surface area contributed by atoms with Crippen molar-refractivity contribution in [2.45, 2.75) is 49.7 Å². The number of nitrogens with two attached hydrogens (primary N) is 1. The van der Waals surface area contributed by atoms with Crippen LogP contribution in [0.15, 0.2) is 0 Å². The quantitative estimate of drug-likeness (QED) is 0.705. The maximum atomic E-state index is 6.09. The summed E-state index contributed by atoms with van der Waals surface area (Å²) in [5.41, 5.74) is 6.48. The van der Waals surface area contributed by atoms with Crippen molar-refractivity contribution in [3.05, 3.63) is 0 Å². The van der Waals surface area contributed by atoms with Crippen LogP contribution in [0.4, 0.5) is 0 Å². The lowest BCUT2D eigenvalue weighted by Gasteiger charge is -2.35. The molecule has 0 aliphatic carbocycles. The first-order chi connectivity index (χ1) is 7.29. The van der Waals surface area contributed by atoms with E-state index in [1.165, 1.54) is 45.1 Å². The Morgan fingerprint density at radius 1 is 1.20 bits per heavy atom. The molecule has 0 saturated carbocycles. The van der Waals surface area contributed by atoms with Gasteiger partial charge in [0.2, 0.25) is 0 Å². The van der Waals surface area contributed by atoms with Gasteiger partial charge in [-0.05, 0) is 45.1 Å². The van der Waals surface area contributed by atoms with Crippen LogP contribution in [0.5, 0.6) is 0 Å². The van der Waals surface area contributed by atoms with Gasteiger partial charge in [0.05, 0.1) is 5.60 Å². The lowest BCUT2D eigenvalue weighted by atomic mass is 9.84. The smallest absolute Gasteiger partial charge is 0.0827 e. The Labute approximate surface area is 91.9 Å². The maximum absolute atomic E-state index is 6.09. The fourth-order valence-corrected chi connectivity index (χ4v) is 3.92. The minimum absolute atomic E-state index is 0.179. The van der Waals surface area contributed by atoms with Crippen LogP contribution in [0.25, 0.3) is 0 Å². The molecular formula is C12H22N2O. The third-order valence-electron chi connectivity index (χ3n) is 4.69. The lowest BCUT2D eigenvalue weighted by molar-refractivity contribution is -0.0715. The highest BCUT2D eigenvalue weighted by atomic mass is 16.5. The Kier molecular flexibility index (Phi) is 2.31. The molecule has 0 bridgehead atoms. The molecule has 2 unspecified atom stereocenters. The molecule has 0 aromatic rings. The van der Waals surface area contributed by atoms with Crippen LogP contribution in [-0.4, -0.2) is 42.3 Å². The number of nitrogens with zero attached hydrogens (tertiary/aromatic N) is 1. The highest BCUT2D eigenvalue weighted by Gasteiger charge is 2.55. The van der Waals surface area contributed by atoms with Gasteiger partial charge in [-0.15, -0.1) is 0 Å². The second-order valence-corrected chi connectivity index (χ2v) is 5.62. The van der Waals surface area contributed by atoms with E-state index in [-0.39, 0.29) is 5.60 Å². The zero-order chi connectivity index (χ0) is 10.4. The highest BCUT2D eigenvalue weighted by molar-refractivity contribution is 5.11. The summed E-state index contributed by atoms with van der Waals surface area (Å²) in [6, 6.07) is 0. The van der Waals surface area contributed by atoms with Crippen LogP contribution < -0.4 is 5.73 Å². The molecular weight excluding hydrogens is 188 g/mol. The Hall–Kier alpha value is -0.120. The van der Waals surface area contributed by atoms with E-state index in [4.69, 9.17) is 10.5 Å². The summed E-state index contributed by atoms with van der Waals surface area (Å²) in [5, 5.41) is 0. The van der Waals surface area contributed by atoms with Gasteiger partial charge >= 0.3 is 0 Å². The van der Waals surface area contributed by atoms with E-state index >= 15 is 0 Å². The Bertz CT molecular complexity index is 250. The van der Waals surface area contributed by atoms with E-state index in [9.17, 15) is 0 Å². The van der Waals surface area contributed by atoms with Crippen LogP contribution >= 0.6 is 0 Å². The van der Waals surface area contributed by atoms with Gasteiger partial charge < -0.3 is 10.5 Å². The van der Waals surface area contributed by atoms with E-state index in [1.54, 1.807) is 0 Å². The average molecular weight is 210 g/mol. The normalized spacial score (nSPS) is 46.2. The van der Waals surface area contributed by atoms with Gasteiger partial charge in [0.1, 0.15) is 0 Å². The fraction of sp³-hybridized carbons (Fsp3) is 1.00. The molecule has 0 amide bonds. The molecule has 2 N–H and O–H groups in total. The number of hydrogen-bond acceptors (Lipinski definition) is 3. The summed E-state index contributed by atoms with van der Waals surface area (Å²) in [6.07, 6.45) is 7.65. The molecule has 2 atom stereocenters. The third kappa shape index (κ3) is 1.44. The minimum Gasteiger partial charge on any atom is -0.374 e. The monoisotopic (exact) mass is 210 g/mol. The van der Waals surface area contributed by atoms with Crippen molar-refractivity contribution >= 4 is 0 Å². The van der Waals surface area contributed by atoms with E-state index < -0.39 is 0 Å². The molecule has 3 aliphatic heterocycles. The third-order valence-corrected chi connectivity index (χ3v) is 4.69. The van der Waals surface area contributed by atoms with Crippen molar-refractivity contribution in [1.82, 2.24) is 4.90 Å². The van der Waals surface area contributed by atoms with Crippen molar-refractivity contribution in [3.8, 4) is 0 Å². The number of rotatable bonds is 1. The maximum Gasteiger partial charge on any atom is 0.0827 e. The van der Waals surface area contributed by atoms with Gasteiger partial charge in [0, 0.05) is 25.2 Å². The molecule has 3 heterocycles. The summed E-state index contributed by atoms with van der Waals surface area (Å²) >= 11 is 0. The molecule has 0 aromatic heterocycles.